The van der Waals surface area contributed by atoms with Crippen LogP contribution in [-0.4, -0.2) is 10.8 Å². The highest BCUT2D eigenvalue weighted by Crippen LogP contribution is 2.27. The molecule has 1 aliphatic rings. The molecule has 3 rings (SSSR count). The zero-order valence-corrected chi connectivity index (χ0v) is 11.8. The van der Waals surface area contributed by atoms with Gasteiger partial charge in [0.05, 0.1) is 0 Å². The molecule has 3 nitrogen and oxygen atoms in total. The van der Waals surface area contributed by atoms with Gasteiger partial charge in [0, 0.05) is 30.3 Å². The average molecular weight is 284 g/mol. The zero-order chi connectivity index (χ0) is 15.0. The Bertz CT molecular complexity index is 697. The van der Waals surface area contributed by atoms with Gasteiger partial charge in [0.25, 0.3) is 5.91 Å². The van der Waals surface area contributed by atoms with Crippen LogP contribution < -0.4 is 5.73 Å². The first kappa shape index (κ1) is 13.8. The van der Waals surface area contributed by atoms with Gasteiger partial charge in [0.15, 0.2) is 0 Å². The molecule has 4 heteroatoms. The Labute approximate surface area is 123 Å². The first-order chi connectivity index (χ1) is 10.1. The fourth-order valence-corrected chi connectivity index (χ4v) is 2.62. The van der Waals surface area contributed by atoms with Crippen molar-refractivity contribution in [1.29, 1.82) is 0 Å². The van der Waals surface area contributed by atoms with Crippen molar-refractivity contribution >= 4 is 5.91 Å². The molecular weight excluding hydrogens is 267 g/mol. The van der Waals surface area contributed by atoms with Crippen LogP contribution in [0.25, 0.3) is 0 Å². The molecular formula is C17H17FN2O. The summed E-state index contributed by atoms with van der Waals surface area (Å²) in [7, 11) is 0. The van der Waals surface area contributed by atoms with Crippen molar-refractivity contribution in [3.8, 4) is 0 Å². The normalized spacial score (nSPS) is 15.2. The van der Waals surface area contributed by atoms with Crippen molar-refractivity contribution in [3.63, 3.8) is 0 Å². The molecule has 2 aromatic carbocycles. The van der Waals surface area contributed by atoms with E-state index in [4.69, 9.17) is 5.73 Å². The SMILES string of the molecule is CC(N)c1ccc2c(c1)C(=O)N(Cc1ccccc1F)C2. The molecule has 1 atom stereocenters. The molecule has 0 aromatic heterocycles. The van der Waals surface area contributed by atoms with E-state index in [2.05, 4.69) is 0 Å². The molecule has 21 heavy (non-hydrogen) atoms. The van der Waals surface area contributed by atoms with Gasteiger partial charge < -0.3 is 10.6 Å². The molecule has 1 aliphatic heterocycles. The van der Waals surface area contributed by atoms with E-state index in [0.717, 1.165) is 11.1 Å². The molecule has 0 aliphatic carbocycles. The molecule has 0 bridgehead atoms. The highest BCUT2D eigenvalue weighted by Gasteiger charge is 2.28. The lowest BCUT2D eigenvalue weighted by molar-refractivity contribution is 0.0765. The van der Waals surface area contributed by atoms with Crippen molar-refractivity contribution in [3.05, 3.63) is 70.5 Å². The molecule has 0 saturated carbocycles. The Balaban J connectivity index is 1.85. The van der Waals surface area contributed by atoms with Gasteiger partial charge >= 0.3 is 0 Å². The third-order valence-corrected chi connectivity index (χ3v) is 3.86. The summed E-state index contributed by atoms with van der Waals surface area (Å²) in [6, 6.07) is 12.2. The maximum atomic E-state index is 13.7. The van der Waals surface area contributed by atoms with Crippen molar-refractivity contribution in [1.82, 2.24) is 4.90 Å². The van der Waals surface area contributed by atoms with Gasteiger partial charge in [-0.2, -0.15) is 0 Å². The molecule has 1 amide bonds. The standard InChI is InChI=1S/C17H17FN2O/c1-11(19)12-6-7-13-9-20(17(21)15(13)8-12)10-14-4-2-3-5-16(14)18/h2-8,11H,9-10,19H2,1H3. The second-order valence-electron chi connectivity index (χ2n) is 5.46. The van der Waals surface area contributed by atoms with Crippen LogP contribution in [0.1, 0.15) is 40.0 Å². The van der Waals surface area contributed by atoms with Crippen molar-refractivity contribution in [2.24, 2.45) is 5.73 Å². The third-order valence-electron chi connectivity index (χ3n) is 3.86. The summed E-state index contributed by atoms with van der Waals surface area (Å²) in [4.78, 5) is 14.1. The third kappa shape index (κ3) is 2.54. The van der Waals surface area contributed by atoms with Crippen LogP contribution in [0, 0.1) is 5.82 Å². The second-order valence-corrected chi connectivity index (χ2v) is 5.46. The number of rotatable bonds is 3. The van der Waals surface area contributed by atoms with Crippen LogP contribution in [0.5, 0.6) is 0 Å². The first-order valence-electron chi connectivity index (χ1n) is 6.97. The Hall–Kier alpha value is -2.20. The van der Waals surface area contributed by atoms with Crippen LogP contribution in [0.15, 0.2) is 42.5 Å². The summed E-state index contributed by atoms with van der Waals surface area (Å²) in [6.07, 6.45) is 0. The van der Waals surface area contributed by atoms with E-state index < -0.39 is 0 Å². The predicted octanol–water partition coefficient (Wildman–Crippen LogP) is 3.00. The van der Waals surface area contributed by atoms with Crippen LogP contribution in [0.3, 0.4) is 0 Å². The summed E-state index contributed by atoms with van der Waals surface area (Å²) >= 11 is 0. The number of hydrogen-bond donors (Lipinski definition) is 1. The van der Waals surface area contributed by atoms with E-state index in [1.165, 1.54) is 6.07 Å². The minimum Gasteiger partial charge on any atom is -0.330 e. The molecule has 0 radical (unpaired) electrons. The van der Waals surface area contributed by atoms with Crippen LogP contribution >= 0.6 is 0 Å². The Morgan fingerprint density at radius 3 is 2.76 bits per heavy atom. The Morgan fingerprint density at radius 1 is 1.29 bits per heavy atom. The van der Waals surface area contributed by atoms with E-state index in [0.29, 0.717) is 17.7 Å². The van der Waals surface area contributed by atoms with Gasteiger partial charge in [0.2, 0.25) is 0 Å². The minimum atomic E-state index is -0.280. The molecule has 108 valence electrons. The Kier molecular flexibility index (Phi) is 3.47. The summed E-state index contributed by atoms with van der Waals surface area (Å²) in [5, 5.41) is 0. The van der Waals surface area contributed by atoms with Gasteiger partial charge in [-0.3, -0.25) is 4.79 Å². The largest absolute Gasteiger partial charge is 0.330 e. The number of hydrogen-bond acceptors (Lipinski definition) is 2. The maximum absolute atomic E-state index is 13.7. The molecule has 0 fully saturated rings. The summed E-state index contributed by atoms with van der Waals surface area (Å²) in [5.41, 5.74) is 8.98. The molecule has 2 N–H and O–H groups in total. The summed E-state index contributed by atoms with van der Waals surface area (Å²) in [5.74, 6) is -0.340. The minimum absolute atomic E-state index is 0.0595. The van der Waals surface area contributed by atoms with Crippen LogP contribution in [-0.2, 0) is 13.1 Å². The quantitative estimate of drug-likeness (QED) is 0.941. The van der Waals surface area contributed by atoms with E-state index in [1.54, 1.807) is 23.1 Å². The number of nitrogens with zero attached hydrogens (tertiary/aromatic N) is 1. The van der Waals surface area contributed by atoms with Gasteiger partial charge in [-0.05, 0) is 30.2 Å². The number of halogens is 1. The van der Waals surface area contributed by atoms with Crippen molar-refractivity contribution in [2.75, 3.05) is 0 Å². The van der Waals surface area contributed by atoms with Crippen LogP contribution in [0.2, 0.25) is 0 Å². The highest BCUT2D eigenvalue weighted by atomic mass is 19.1. The van der Waals surface area contributed by atoms with Gasteiger partial charge in [-0.25, -0.2) is 4.39 Å². The number of amides is 1. The first-order valence-corrected chi connectivity index (χ1v) is 6.97. The fraction of sp³-hybridized carbons (Fsp3) is 0.235. The lowest BCUT2D eigenvalue weighted by Gasteiger charge is -2.16. The lowest BCUT2D eigenvalue weighted by atomic mass is 10.0. The number of nitrogens with two attached hydrogens (primary N) is 1. The molecule has 1 unspecified atom stereocenters. The van der Waals surface area contributed by atoms with Crippen LogP contribution in [0.4, 0.5) is 4.39 Å². The van der Waals surface area contributed by atoms with Gasteiger partial charge in [-0.15, -0.1) is 0 Å². The van der Waals surface area contributed by atoms with Crippen molar-refractivity contribution in [2.45, 2.75) is 26.1 Å². The summed E-state index contributed by atoms with van der Waals surface area (Å²) < 4.78 is 13.7. The zero-order valence-electron chi connectivity index (χ0n) is 11.8. The van der Waals surface area contributed by atoms with E-state index >= 15 is 0 Å². The molecule has 1 heterocycles. The molecule has 2 aromatic rings. The smallest absolute Gasteiger partial charge is 0.254 e. The predicted molar refractivity (Wildman–Crippen MR) is 79.0 cm³/mol. The fourth-order valence-electron chi connectivity index (χ4n) is 2.62. The number of benzene rings is 2. The summed E-state index contributed by atoms with van der Waals surface area (Å²) in [6.45, 7) is 2.69. The topological polar surface area (TPSA) is 46.3 Å². The molecule has 0 saturated heterocycles. The second kappa shape index (κ2) is 5.30. The van der Waals surface area contributed by atoms with Gasteiger partial charge in [-0.1, -0.05) is 30.3 Å². The van der Waals surface area contributed by atoms with Crippen molar-refractivity contribution < 1.29 is 9.18 Å². The maximum Gasteiger partial charge on any atom is 0.254 e. The monoisotopic (exact) mass is 284 g/mol. The number of carbonyl (C=O) groups excluding carboxylic acids is 1. The Morgan fingerprint density at radius 2 is 2.05 bits per heavy atom. The molecule has 0 spiro atoms. The highest BCUT2D eigenvalue weighted by molar-refractivity contribution is 5.98. The average Bonchev–Trinajstić information content (AvgIpc) is 2.77. The number of fused-ring (bicyclic) bond motifs is 1. The van der Waals surface area contributed by atoms with E-state index in [-0.39, 0.29) is 24.3 Å². The van der Waals surface area contributed by atoms with Gasteiger partial charge in [0.1, 0.15) is 5.82 Å². The van der Waals surface area contributed by atoms with E-state index in [9.17, 15) is 9.18 Å². The lowest BCUT2D eigenvalue weighted by Crippen LogP contribution is -2.23. The van der Waals surface area contributed by atoms with E-state index in [1.807, 2.05) is 25.1 Å². The number of carbonyl (C=O) groups is 1.